The van der Waals surface area contributed by atoms with Crippen LogP contribution in [0.15, 0.2) is 54.6 Å². The van der Waals surface area contributed by atoms with E-state index in [-0.39, 0.29) is 24.1 Å². The molecule has 1 saturated heterocycles. The first-order valence-electron chi connectivity index (χ1n) is 7.29. The number of rotatable bonds is 4. The number of para-hydroxylation sites is 1. The average Bonchev–Trinajstić information content (AvgIpc) is 2.88. The van der Waals surface area contributed by atoms with Crippen LogP contribution in [0.2, 0.25) is 0 Å². The van der Waals surface area contributed by atoms with Gasteiger partial charge < -0.3 is 0 Å². The number of halogens is 1. The highest BCUT2D eigenvalue weighted by molar-refractivity contribution is 14.1. The Balaban J connectivity index is 1.64. The normalized spacial score (nSPS) is 17.2. The third kappa shape index (κ3) is 3.46. The lowest BCUT2D eigenvalue weighted by Crippen LogP contribution is -2.48. The summed E-state index contributed by atoms with van der Waals surface area (Å²) in [6.07, 6.45) is 0.000690. The van der Waals surface area contributed by atoms with E-state index in [4.69, 9.17) is 0 Å². The summed E-state index contributed by atoms with van der Waals surface area (Å²) >= 11 is 2.15. The van der Waals surface area contributed by atoms with Gasteiger partial charge in [-0.15, -0.1) is 0 Å². The minimum absolute atomic E-state index is 0.000690. The lowest BCUT2D eigenvalue weighted by Gasteiger charge is -2.15. The number of hydrazine groups is 1. The number of hydrogen-bond donors (Lipinski definition) is 2. The van der Waals surface area contributed by atoms with Crippen LogP contribution >= 0.6 is 22.6 Å². The highest BCUT2D eigenvalue weighted by Crippen LogP contribution is 2.22. The molecule has 0 aliphatic carbocycles. The number of nitrogens with zero attached hydrogens (tertiary/aromatic N) is 1. The Morgan fingerprint density at radius 2 is 1.71 bits per heavy atom. The van der Waals surface area contributed by atoms with Gasteiger partial charge in [-0.25, -0.2) is 10.3 Å². The van der Waals surface area contributed by atoms with Crippen molar-refractivity contribution >= 4 is 46.0 Å². The predicted molar refractivity (Wildman–Crippen MR) is 97.1 cm³/mol. The van der Waals surface area contributed by atoms with E-state index >= 15 is 0 Å². The topological polar surface area (TPSA) is 78.5 Å². The van der Waals surface area contributed by atoms with Crippen LogP contribution in [0.4, 0.5) is 5.69 Å². The second kappa shape index (κ2) is 7.10. The van der Waals surface area contributed by atoms with Gasteiger partial charge in [0, 0.05) is 9.13 Å². The Bertz CT molecular complexity index is 777. The van der Waals surface area contributed by atoms with Crippen LogP contribution in [0.25, 0.3) is 0 Å². The van der Waals surface area contributed by atoms with Crippen LogP contribution in [0.3, 0.4) is 0 Å². The second-order valence-corrected chi connectivity index (χ2v) is 6.51. The zero-order chi connectivity index (χ0) is 17.1. The van der Waals surface area contributed by atoms with E-state index in [0.717, 1.165) is 8.47 Å². The first-order chi connectivity index (χ1) is 11.6. The molecular formula is C17H14IN3O3. The largest absolute Gasteiger partial charge is 0.287 e. The van der Waals surface area contributed by atoms with E-state index in [1.54, 1.807) is 36.4 Å². The summed E-state index contributed by atoms with van der Waals surface area (Å²) in [4.78, 5) is 37.7. The van der Waals surface area contributed by atoms with Crippen molar-refractivity contribution in [2.24, 2.45) is 0 Å². The van der Waals surface area contributed by atoms with Crippen LogP contribution in [0, 0.1) is 3.57 Å². The molecule has 0 spiro atoms. The molecule has 6 nitrogen and oxygen atoms in total. The Hall–Kier alpha value is -2.26. The maximum absolute atomic E-state index is 12.4. The molecule has 7 heteroatoms. The summed E-state index contributed by atoms with van der Waals surface area (Å²) in [5.41, 5.74) is 6.15. The fourth-order valence-electron chi connectivity index (χ4n) is 2.42. The SMILES string of the molecule is O=C(NNC1CC(=O)N(c2ccccc2)C1=O)c1ccc(I)cc1. The van der Waals surface area contributed by atoms with Crippen molar-refractivity contribution in [2.45, 2.75) is 12.5 Å². The van der Waals surface area contributed by atoms with E-state index in [0.29, 0.717) is 11.3 Å². The van der Waals surface area contributed by atoms with Crippen molar-refractivity contribution in [3.8, 4) is 0 Å². The van der Waals surface area contributed by atoms with Gasteiger partial charge in [-0.05, 0) is 59.0 Å². The summed E-state index contributed by atoms with van der Waals surface area (Å²) in [7, 11) is 0. The van der Waals surface area contributed by atoms with Crippen LogP contribution < -0.4 is 15.8 Å². The molecule has 1 atom stereocenters. The molecule has 1 aliphatic rings. The first-order valence-corrected chi connectivity index (χ1v) is 8.37. The lowest BCUT2D eigenvalue weighted by atomic mass is 10.2. The van der Waals surface area contributed by atoms with Gasteiger partial charge in [0.2, 0.25) is 5.91 Å². The molecule has 2 aromatic rings. The van der Waals surface area contributed by atoms with Crippen LogP contribution in [-0.2, 0) is 9.59 Å². The number of nitrogens with one attached hydrogen (secondary N) is 2. The fraction of sp³-hybridized carbons (Fsp3) is 0.118. The van der Waals surface area contributed by atoms with E-state index in [1.807, 2.05) is 18.2 Å². The van der Waals surface area contributed by atoms with Gasteiger partial charge in [-0.3, -0.25) is 19.8 Å². The van der Waals surface area contributed by atoms with Crippen molar-refractivity contribution in [1.29, 1.82) is 0 Å². The molecule has 3 rings (SSSR count). The summed E-state index contributed by atoms with van der Waals surface area (Å²) < 4.78 is 1.02. The molecule has 122 valence electrons. The smallest absolute Gasteiger partial charge is 0.265 e. The van der Waals surface area contributed by atoms with Gasteiger partial charge >= 0.3 is 0 Å². The molecule has 0 bridgehead atoms. The van der Waals surface area contributed by atoms with Gasteiger partial charge in [0.25, 0.3) is 11.8 Å². The number of hydrogen-bond acceptors (Lipinski definition) is 4. The highest BCUT2D eigenvalue weighted by atomic mass is 127. The van der Waals surface area contributed by atoms with Crippen LogP contribution in [-0.4, -0.2) is 23.8 Å². The third-order valence-corrected chi connectivity index (χ3v) is 4.35. The maximum Gasteiger partial charge on any atom is 0.265 e. The van der Waals surface area contributed by atoms with Crippen molar-refractivity contribution in [3.63, 3.8) is 0 Å². The van der Waals surface area contributed by atoms with Gasteiger partial charge in [-0.2, -0.15) is 0 Å². The van der Waals surface area contributed by atoms with Gasteiger partial charge in [0.1, 0.15) is 6.04 Å². The molecule has 1 fully saturated rings. The summed E-state index contributed by atoms with van der Waals surface area (Å²) in [6, 6.07) is 15.0. The molecule has 0 saturated carbocycles. The minimum Gasteiger partial charge on any atom is -0.287 e. The van der Waals surface area contributed by atoms with Crippen LogP contribution in [0.5, 0.6) is 0 Å². The molecule has 2 aromatic carbocycles. The number of carbonyl (C=O) groups is 3. The Morgan fingerprint density at radius 3 is 2.38 bits per heavy atom. The molecule has 2 N–H and O–H groups in total. The van der Waals surface area contributed by atoms with Gasteiger partial charge in [0.05, 0.1) is 12.1 Å². The highest BCUT2D eigenvalue weighted by Gasteiger charge is 2.39. The van der Waals surface area contributed by atoms with Crippen molar-refractivity contribution in [2.75, 3.05) is 4.90 Å². The summed E-state index contributed by atoms with van der Waals surface area (Å²) in [5.74, 6) is -1.04. The predicted octanol–water partition coefficient (Wildman–Crippen LogP) is 1.86. The monoisotopic (exact) mass is 435 g/mol. The molecule has 1 unspecified atom stereocenters. The molecule has 0 aromatic heterocycles. The van der Waals surface area contributed by atoms with Crippen LogP contribution in [0.1, 0.15) is 16.8 Å². The van der Waals surface area contributed by atoms with Crippen molar-refractivity contribution in [1.82, 2.24) is 10.9 Å². The van der Waals surface area contributed by atoms with Gasteiger partial charge in [-0.1, -0.05) is 18.2 Å². The molecule has 1 heterocycles. The van der Waals surface area contributed by atoms with Gasteiger partial charge in [0.15, 0.2) is 0 Å². The fourth-order valence-corrected chi connectivity index (χ4v) is 2.78. The quantitative estimate of drug-likeness (QED) is 0.437. The number of anilines is 1. The lowest BCUT2D eigenvalue weighted by molar-refractivity contribution is -0.121. The summed E-state index contributed by atoms with van der Waals surface area (Å²) in [5, 5.41) is 0. The minimum atomic E-state index is -0.773. The summed E-state index contributed by atoms with van der Waals surface area (Å²) in [6.45, 7) is 0. The Morgan fingerprint density at radius 1 is 1.04 bits per heavy atom. The molecular weight excluding hydrogens is 421 g/mol. The molecule has 1 aliphatic heterocycles. The van der Waals surface area contributed by atoms with E-state index in [9.17, 15) is 14.4 Å². The zero-order valence-corrected chi connectivity index (χ0v) is 14.7. The number of carbonyl (C=O) groups excluding carboxylic acids is 3. The Labute approximate surface area is 152 Å². The standard InChI is InChI=1S/C17H14IN3O3/c18-12-8-6-11(7-9-12)16(23)20-19-14-10-15(22)21(17(14)24)13-4-2-1-3-5-13/h1-9,14,19H,10H2,(H,20,23). The second-order valence-electron chi connectivity index (χ2n) is 5.27. The zero-order valence-electron chi connectivity index (χ0n) is 12.5. The third-order valence-electron chi connectivity index (χ3n) is 3.63. The molecule has 24 heavy (non-hydrogen) atoms. The van der Waals surface area contributed by atoms with E-state index in [2.05, 4.69) is 33.4 Å². The Kier molecular flexibility index (Phi) is 4.91. The van der Waals surface area contributed by atoms with E-state index in [1.165, 1.54) is 0 Å². The number of imide groups is 1. The number of amides is 3. The molecule has 3 amide bonds. The maximum atomic E-state index is 12.4. The van der Waals surface area contributed by atoms with Crippen molar-refractivity contribution in [3.05, 3.63) is 63.7 Å². The average molecular weight is 435 g/mol. The van der Waals surface area contributed by atoms with Crippen molar-refractivity contribution < 1.29 is 14.4 Å². The van der Waals surface area contributed by atoms with E-state index < -0.39 is 6.04 Å². The first kappa shape index (κ1) is 16.6. The number of benzene rings is 2. The molecule has 0 radical (unpaired) electrons.